The zero-order valence-electron chi connectivity index (χ0n) is 17.3. The minimum absolute atomic E-state index is 0.182. The van der Waals surface area contributed by atoms with E-state index in [0.717, 1.165) is 16.7 Å². The lowest BCUT2D eigenvalue weighted by Crippen LogP contribution is -2.22. The van der Waals surface area contributed by atoms with Crippen molar-refractivity contribution in [3.05, 3.63) is 107 Å². The fraction of sp³-hybridized carbons (Fsp3) is 0.0385. The number of fused-ring (bicyclic) bond motifs is 1. The number of halogens is 1. The molecule has 1 aliphatic heterocycles. The molecule has 162 valence electrons. The van der Waals surface area contributed by atoms with Crippen LogP contribution < -0.4 is 10.6 Å². The standard InChI is InChI=1S/C26H18ClN3O3/c27-19-4-6-23-21(13-19)22(26(32)30-23)14-20-5-7-24(33-20)17-2-1-3-18(12-17)25(31)29-15-16-8-10-28-11-9-16/h1-14H,15H2,(H,29,31)(H,30,32). The molecule has 2 aromatic heterocycles. The zero-order valence-corrected chi connectivity index (χ0v) is 18.1. The van der Waals surface area contributed by atoms with Gasteiger partial charge in [0.25, 0.3) is 11.8 Å². The third-order valence-corrected chi connectivity index (χ3v) is 5.52. The first-order valence-electron chi connectivity index (χ1n) is 10.3. The number of aromatic nitrogens is 1. The summed E-state index contributed by atoms with van der Waals surface area (Å²) in [4.78, 5) is 29.0. The number of hydrogen-bond acceptors (Lipinski definition) is 4. The minimum atomic E-state index is -0.210. The van der Waals surface area contributed by atoms with Crippen LogP contribution in [0.25, 0.3) is 23.0 Å². The number of benzene rings is 2. The fourth-order valence-electron chi connectivity index (χ4n) is 3.63. The van der Waals surface area contributed by atoms with E-state index < -0.39 is 0 Å². The average Bonchev–Trinajstić information content (AvgIpc) is 3.43. The molecule has 0 saturated heterocycles. The summed E-state index contributed by atoms with van der Waals surface area (Å²) in [7, 11) is 0. The summed E-state index contributed by atoms with van der Waals surface area (Å²) in [6.45, 7) is 0.414. The van der Waals surface area contributed by atoms with E-state index in [-0.39, 0.29) is 11.8 Å². The molecular weight excluding hydrogens is 438 g/mol. The number of nitrogens with zero attached hydrogens (tertiary/aromatic N) is 1. The molecule has 7 heteroatoms. The summed E-state index contributed by atoms with van der Waals surface area (Å²) >= 11 is 6.10. The van der Waals surface area contributed by atoms with E-state index in [4.69, 9.17) is 16.0 Å². The molecule has 5 rings (SSSR count). The molecule has 0 spiro atoms. The van der Waals surface area contributed by atoms with Crippen molar-refractivity contribution in [3.8, 4) is 11.3 Å². The normalized spacial score (nSPS) is 13.6. The zero-order chi connectivity index (χ0) is 22.8. The Hall–Kier alpha value is -4.16. The van der Waals surface area contributed by atoms with Crippen molar-refractivity contribution in [1.29, 1.82) is 0 Å². The Morgan fingerprint density at radius 3 is 2.76 bits per heavy atom. The number of hydrogen-bond donors (Lipinski definition) is 2. The smallest absolute Gasteiger partial charge is 0.256 e. The first kappa shape index (κ1) is 20.7. The quantitative estimate of drug-likeness (QED) is 0.394. The maximum atomic E-state index is 12.6. The van der Waals surface area contributed by atoms with Crippen LogP contribution in [-0.2, 0) is 11.3 Å². The lowest BCUT2D eigenvalue weighted by atomic mass is 10.1. The van der Waals surface area contributed by atoms with E-state index in [9.17, 15) is 9.59 Å². The Kier molecular flexibility index (Phi) is 5.50. The van der Waals surface area contributed by atoms with Gasteiger partial charge in [-0.3, -0.25) is 14.6 Å². The first-order valence-corrected chi connectivity index (χ1v) is 10.6. The second-order valence-corrected chi connectivity index (χ2v) is 7.96. The summed E-state index contributed by atoms with van der Waals surface area (Å²) < 4.78 is 5.96. The molecule has 0 bridgehead atoms. The van der Waals surface area contributed by atoms with Crippen molar-refractivity contribution in [2.45, 2.75) is 6.54 Å². The van der Waals surface area contributed by atoms with Gasteiger partial charge in [-0.15, -0.1) is 0 Å². The van der Waals surface area contributed by atoms with Crippen molar-refractivity contribution < 1.29 is 14.0 Å². The van der Waals surface area contributed by atoms with E-state index in [1.54, 1.807) is 60.9 Å². The number of carbonyl (C=O) groups is 2. The lowest BCUT2D eigenvalue weighted by Gasteiger charge is -2.06. The average molecular weight is 456 g/mol. The Labute approximate surface area is 194 Å². The van der Waals surface area contributed by atoms with Gasteiger partial charge in [0.15, 0.2) is 0 Å². The van der Waals surface area contributed by atoms with Crippen LogP contribution in [0, 0.1) is 0 Å². The third kappa shape index (κ3) is 4.42. The summed E-state index contributed by atoms with van der Waals surface area (Å²) in [5.74, 6) is 0.725. The highest BCUT2D eigenvalue weighted by Gasteiger charge is 2.24. The Morgan fingerprint density at radius 2 is 1.91 bits per heavy atom. The van der Waals surface area contributed by atoms with Crippen LogP contribution in [0.5, 0.6) is 0 Å². The highest BCUT2D eigenvalue weighted by atomic mass is 35.5. The highest BCUT2D eigenvalue weighted by molar-refractivity contribution is 6.36. The monoisotopic (exact) mass is 455 g/mol. The van der Waals surface area contributed by atoms with Crippen molar-refractivity contribution in [2.75, 3.05) is 5.32 Å². The van der Waals surface area contributed by atoms with Gasteiger partial charge >= 0.3 is 0 Å². The Morgan fingerprint density at radius 1 is 1.06 bits per heavy atom. The number of amides is 2. The topological polar surface area (TPSA) is 84.2 Å². The molecule has 0 aliphatic carbocycles. The van der Waals surface area contributed by atoms with Gasteiger partial charge in [-0.05, 0) is 66.2 Å². The van der Waals surface area contributed by atoms with E-state index in [0.29, 0.717) is 39.9 Å². The van der Waals surface area contributed by atoms with E-state index in [1.165, 1.54) is 0 Å². The van der Waals surface area contributed by atoms with Gasteiger partial charge in [0.2, 0.25) is 0 Å². The maximum absolute atomic E-state index is 12.6. The molecular formula is C26H18ClN3O3. The second-order valence-electron chi connectivity index (χ2n) is 7.52. The largest absolute Gasteiger partial charge is 0.457 e. The van der Waals surface area contributed by atoms with Gasteiger partial charge in [0, 0.05) is 46.3 Å². The summed E-state index contributed by atoms with van der Waals surface area (Å²) in [6, 6.07) is 19.8. The Bertz CT molecular complexity index is 1390. The predicted molar refractivity (Wildman–Crippen MR) is 128 cm³/mol. The van der Waals surface area contributed by atoms with Gasteiger partial charge in [-0.2, -0.15) is 0 Å². The van der Waals surface area contributed by atoms with Crippen LogP contribution in [0.1, 0.15) is 27.2 Å². The molecule has 3 heterocycles. The van der Waals surface area contributed by atoms with E-state index in [2.05, 4.69) is 15.6 Å². The highest BCUT2D eigenvalue weighted by Crippen LogP contribution is 2.35. The number of furan rings is 1. The summed E-state index contributed by atoms with van der Waals surface area (Å²) in [5, 5.41) is 6.28. The number of rotatable bonds is 5. The molecule has 0 unspecified atom stereocenters. The minimum Gasteiger partial charge on any atom is -0.457 e. The lowest BCUT2D eigenvalue weighted by molar-refractivity contribution is -0.110. The molecule has 0 radical (unpaired) electrons. The second kappa shape index (κ2) is 8.76. The van der Waals surface area contributed by atoms with Gasteiger partial charge < -0.3 is 15.1 Å². The number of anilines is 1. The van der Waals surface area contributed by atoms with Gasteiger partial charge in [-0.1, -0.05) is 23.7 Å². The van der Waals surface area contributed by atoms with Crippen LogP contribution in [0.3, 0.4) is 0 Å². The van der Waals surface area contributed by atoms with Crippen LogP contribution in [0.4, 0.5) is 5.69 Å². The molecule has 33 heavy (non-hydrogen) atoms. The maximum Gasteiger partial charge on any atom is 0.256 e. The SMILES string of the molecule is O=C1Nc2ccc(Cl)cc2C1=Cc1ccc(-c2cccc(C(=O)NCc3ccncc3)c2)o1. The fourth-order valence-corrected chi connectivity index (χ4v) is 3.80. The summed E-state index contributed by atoms with van der Waals surface area (Å²) in [5.41, 5.74) is 4.19. The third-order valence-electron chi connectivity index (χ3n) is 5.29. The molecule has 0 saturated carbocycles. The predicted octanol–water partition coefficient (Wildman–Crippen LogP) is 5.42. The molecule has 0 fully saturated rings. The van der Waals surface area contributed by atoms with Gasteiger partial charge in [0.1, 0.15) is 11.5 Å². The van der Waals surface area contributed by atoms with E-state index in [1.807, 2.05) is 24.3 Å². The number of nitrogens with one attached hydrogen (secondary N) is 2. The van der Waals surface area contributed by atoms with Crippen molar-refractivity contribution in [2.24, 2.45) is 0 Å². The van der Waals surface area contributed by atoms with Crippen molar-refractivity contribution in [3.63, 3.8) is 0 Å². The first-order chi connectivity index (χ1) is 16.1. The van der Waals surface area contributed by atoms with Crippen molar-refractivity contribution in [1.82, 2.24) is 10.3 Å². The van der Waals surface area contributed by atoms with Crippen molar-refractivity contribution >= 4 is 40.8 Å². The van der Waals surface area contributed by atoms with Gasteiger partial charge in [-0.25, -0.2) is 0 Å². The molecule has 2 aromatic carbocycles. The van der Waals surface area contributed by atoms with E-state index >= 15 is 0 Å². The summed E-state index contributed by atoms with van der Waals surface area (Å²) in [6.07, 6.45) is 5.06. The van der Waals surface area contributed by atoms with Gasteiger partial charge in [0.05, 0.1) is 5.57 Å². The molecule has 4 aromatic rings. The Balaban J connectivity index is 1.35. The van der Waals surface area contributed by atoms with Crippen LogP contribution in [0.2, 0.25) is 5.02 Å². The molecule has 2 N–H and O–H groups in total. The van der Waals surface area contributed by atoms with Crippen LogP contribution >= 0.6 is 11.6 Å². The molecule has 2 amide bonds. The number of pyridine rings is 1. The number of carbonyl (C=O) groups excluding carboxylic acids is 2. The van der Waals surface area contributed by atoms with Crippen LogP contribution in [0.15, 0.2) is 83.5 Å². The molecule has 6 nitrogen and oxygen atoms in total. The molecule has 0 atom stereocenters. The van der Waals surface area contributed by atoms with Crippen LogP contribution in [-0.4, -0.2) is 16.8 Å². The molecule has 1 aliphatic rings.